The highest BCUT2D eigenvalue weighted by Crippen LogP contribution is 2.25. The van der Waals surface area contributed by atoms with Crippen molar-refractivity contribution in [2.24, 2.45) is 5.92 Å². The molecule has 4 nitrogen and oxygen atoms in total. The quantitative estimate of drug-likeness (QED) is 0.473. The summed E-state index contributed by atoms with van der Waals surface area (Å²) >= 11 is 0. The van der Waals surface area contributed by atoms with Gasteiger partial charge in [0.2, 0.25) is 0 Å². The average Bonchev–Trinajstić information content (AvgIpc) is 2.43. The van der Waals surface area contributed by atoms with Crippen LogP contribution in [0.1, 0.15) is 46.1 Å². The summed E-state index contributed by atoms with van der Waals surface area (Å²) in [6.07, 6.45) is 1.13. The Hall–Kier alpha value is -1.84. The maximum absolute atomic E-state index is 12.1. The first-order chi connectivity index (χ1) is 9.79. The number of rotatable bonds is 5. The van der Waals surface area contributed by atoms with Crippen molar-refractivity contribution in [3.63, 3.8) is 0 Å². The van der Waals surface area contributed by atoms with Crippen LogP contribution < -0.4 is 4.74 Å². The molecule has 0 heterocycles. The fraction of sp³-hybridized carbons (Fsp3) is 0.529. The van der Waals surface area contributed by atoms with E-state index in [0.717, 1.165) is 5.56 Å². The largest absolute Gasteiger partial charge is 0.468 e. The summed E-state index contributed by atoms with van der Waals surface area (Å²) in [6.45, 7) is 8.25. The van der Waals surface area contributed by atoms with Gasteiger partial charge < -0.3 is 9.47 Å². The van der Waals surface area contributed by atoms with E-state index in [9.17, 15) is 9.59 Å². The molecule has 0 radical (unpaired) electrons. The highest BCUT2D eigenvalue weighted by atomic mass is 16.6. The van der Waals surface area contributed by atoms with Crippen LogP contribution in [0.25, 0.3) is 0 Å². The van der Waals surface area contributed by atoms with E-state index in [1.165, 1.54) is 7.11 Å². The molecule has 0 spiro atoms. The number of hydrogen-bond donors (Lipinski definition) is 0. The predicted octanol–water partition coefficient (Wildman–Crippen LogP) is 3.48. The van der Waals surface area contributed by atoms with E-state index in [4.69, 9.17) is 4.74 Å². The number of esters is 2. The van der Waals surface area contributed by atoms with Crippen LogP contribution in [0.4, 0.5) is 0 Å². The molecule has 1 rings (SSSR count). The molecule has 0 aromatic heterocycles. The normalized spacial score (nSPS) is 12.6. The number of methoxy groups -OCH3 is 1. The van der Waals surface area contributed by atoms with Gasteiger partial charge in [0.15, 0.2) is 5.92 Å². The zero-order valence-electron chi connectivity index (χ0n) is 13.4. The highest BCUT2D eigenvalue weighted by molar-refractivity contribution is 5.95. The first-order valence-electron chi connectivity index (χ1n) is 7.19. The van der Waals surface area contributed by atoms with Crippen LogP contribution in [0.3, 0.4) is 0 Å². The molecule has 1 aromatic rings. The summed E-state index contributed by atoms with van der Waals surface area (Å²) in [5.41, 5.74) is 1.19. The van der Waals surface area contributed by atoms with Crippen LogP contribution in [0, 0.1) is 5.92 Å². The zero-order chi connectivity index (χ0) is 16.0. The molecule has 21 heavy (non-hydrogen) atoms. The zero-order valence-corrected chi connectivity index (χ0v) is 13.4. The lowest BCUT2D eigenvalue weighted by atomic mass is 9.87. The monoisotopic (exact) mass is 292 g/mol. The van der Waals surface area contributed by atoms with Gasteiger partial charge in [-0.05, 0) is 29.5 Å². The Bertz CT molecular complexity index is 483. The molecule has 0 bridgehead atoms. The van der Waals surface area contributed by atoms with Gasteiger partial charge in [-0.1, -0.05) is 46.2 Å². The molecular weight excluding hydrogens is 268 g/mol. The van der Waals surface area contributed by atoms with Crippen LogP contribution >= 0.6 is 0 Å². The van der Waals surface area contributed by atoms with Crippen LogP contribution in [0.2, 0.25) is 0 Å². The third-order valence-corrected chi connectivity index (χ3v) is 3.29. The Morgan fingerprint density at radius 3 is 2.10 bits per heavy atom. The number of carbonyl (C=O) groups is 2. The van der Waals surface area contributed by atoms with Crippen molar-refractivity contribution in [1.29, 1.82) is 0 Å². The van der Waals surface area contributed by atoms with Crippen LogP contribution in [-0.4, -0.2) is 19.0 Å². The van der Waals surface area contributed by atoms with E-state index in [1.807, 2.05) is 19.1 Å². The Kier molecular flexibility index (Phi) is 5.94. The van der Waals surface area contributed by atoms with Gasteiger partial charge in [0.05, 0.1) is 7.11 Å². The molecule has 1 atom stereocenters. The van der Waals surface area contributed by atoms with E-state index >= 15 is 0 Å². The second-order valence-corrected chi connectivity index (χ2v) is 6.06. The van der Waals surface area contributed by atoms with Crippen LogP contribution in [-0.2, 0) is 19.7 Å². The molecule has 0 saturated heterocycles. The van der Waals surface area contributed by atoms with Crippen molar-refractivity contribution in [2.45, 2.75) is 46.0 Å². The van der Waals surface area contributed by atoms with Crippen molar-refractivity contribution in [3.05, 3.63) is 29.8 Å². The molecular formula is C17H24O4. The fourth-order valence-electron chi connectivity index (χ4n) is 1.97. The van der Waals surface area contributed by atoms with Gasteiger partial charge in [0.25, 0.3) is 0 Å². The minimum absolute atomic E-state index is 0.0410. The van der Waals surface area contributed by atoms with Gasteiger partial charge in [-0.2, -0.15) is 0 Å². The van der Waals surface area contributed by atoms with Crippen LogP contribution in [0.5, 0.6) is 5.75 Å². The summed E-state index contributed by atoms with van der Waals surface area (Å²) in [5.74, 6) is -1.53. The van der Waals surface area contributed by atoms with E-state index < -0.39 is 17.9 Å². The van der Waals surface area contributed by atoms with Crippen molar-refractivity contribution < 1.29 is 19.1 Å². The number of benzene rings is 1. The maximum atomic E-state index is 12.1. The van der Waals surface area contributed by atoms with Crippen LogP contribution in [0.15, 0.2) is 24.3 Å². The number of carbonyl (C=O) groups excluding carboxylic acids is 2. The first kappa shape index (κ1) is 17.2. The Labute approximate surface area is 126 Å². The predicted molar refractivity (Wildman–Crippen MR) is 81.2 cm³/mol. The van der Waals surface area contributed by atoms with Crippen molar-refractivity contribution in [2.75, 3.05) is 7.11 Å². The molecule has 4 heteroatoms. The smallest absolute Gasteiger partial charge is 0.325 e. The molecule has 0 saturated carbocycles. The first-order valence-corrected chi connectivity index (χ1v) is 7.19. The Balaban J connectivity index is 2.79. The minimum Gasteiger partial charge on any atom is -0.468 e. The van der Waals surface area contributed by atoms with Crippen molar-refractivity contribution in [3.8, 4) is 5.75 Å². The topological polar surface area (TPSA) is 52.6 Å². The van der Waals surface area contributed by atoms with Crippen molar-refractivity contribution in [1.82, 2.24) is 0 Å². The Morgan fingerprint density at radius 2 is 1.67 bits per heavy atom. The van der Waals surface area contributed by atoms with E-state index in [0.29, 0.717) is 18.6 Å². The minimum atomic E-state index is -0.859. The van der Waals surface area contributed by atoms with E-state index in [-0.39, 0.29) is 5.41 Å². The lowest BCUT2D eigenvalue weighted by molar-refractivity contribution is -0.155. The van der Waals surface area contributed by atoms with Gasteiger partial charge in [-0.3, -0.25) is 9.59 Å². The number of ether oxygens (including phenoxy) is 2. The molecule has 1 aromatic carbocycles. The second-order valence-electron chi connectivity index (χ2n) is 6.06. The average molecular weight is 292 g/mol. The maximum Gasteiger partial charge on any atom is 0.325 e. The molecule has 0 amide bonds. The van der Waals surface area contributed by atoms with Gasteiger partial charge in [-0.25, -0.2) is 0 Å². The van der Waals surface area contributed by atoms with Gasteiger partial charge >= 0.3 is 11.9 Å². The molecule has 0 fully saturated rings. The van der Waals surface area contributed by atoms with Gasteiger partial charge in [0, 0.05) is 0 Å². The highest BCUT2D eigenvalue weighted by Gasteiger charge is 2.28. The second kappa shape index (κ2) is 7.25. The SMILES string of the molecule is CCCC(C(=O)OC)C(=O)Oc1ccc(C(C)(C)C)cc1. The summed E-state index contributed by atoms with van der Waals surface area (Å²) in [4.78, 5) is 23.7. The molecule has 0 aliphatic carbocycles. The third kappa shape index (κ3) is 4.88. The number of hydrogen-bond acceptors (Lipinski definition) is 4. The summed E-state index contributed by atoms with van der Waals surface area (Å²) < 4.78 is 9.93. The lowest BCUT2D eigenvalue weighted by Crippen LogP contribution is -2.29. The lowest BCUT2D eigenvalue weighted by Gasteiger charge is -2.19. The van der Waals surface area contributed by atoms with E-state index in [2.05, 4.69) is 25.5 Å². The third-order valence-electron chi connectivity index (χ3n) is 3.29. The van der Waals surface area contributed by atoms with E-state index in [1.54, 1.807) is 12.1 Å². The van der Waals surface area contributed by atoms with Crippen molar-refractivity contribution >= 4 is 11.9 Å². The summed E-state index contributed by atoms with van der Waals surface area (Å²) in [5, 5.41) is 0. The fourth-order valence-corrected chi connectivity index (χ4v) is 1.97. The van der Waals surface area contributed by atoms with Gasteiger partial charge in [-0.15, -0.1) is 0 Å². The molecule has 0 aliphatic heterocycles. The summed E-state index contributed by atoms with van der Waals surface area (Å²) in [7, 11) is 1.27. The summed E-state index contributed by atoms with van der Waals surface area (Å²) in [6, 6.07) is 7.35. The standard InChI is InChI=1S/C17H24O4/c1-6-7-14(15(18)20-5)16(19)21-13-10-8-12(9-11-13)17(2,3)4/h8-11,14H,6-7H2,1-5H3. The molecule has 0 aliphatic rings. The molecule has 0 N–H and O–H groups in total. The van der Waals surface area contributed by atoms with Gasteiger partial charge in [0.1, 0.15) is 5.75 Å². The Morgan fingerprint density at radius 1 is 1.10 bits per heavy atom. The molecule has 116 valence electrons. The molecule has 1 unspecified atom stereocenters.